The van der Waals surface area contributed by atoms with Gasteiger partial charge in [0.25, 0.3) is 0 Å². The zero-order valence-electron chi connectivity index (χ0n) is 13.7. The third kappa shape index (κ3) is 4.25. The van der Waals surface area contributed by atoms with E-state index in [-0.39, 0.29) is 23.7 Å². The molecule has 0 unspecified atom stereocenters. The minimum absolute atomic E-state index is 0. The molecule has 0 aromatic heterocycles. The molecule has 0 radical (unpaired) electrons. The lowest BCUT2D eigenvalue weighted by Gasteiger charge is -2.30. The van der Waals surface area contributed by atoms with Gasteiger partial charge in [0.2, 0.25) is 5.91 Å². The Morgan fingerprint density at radius 3 is 2.43 bits per heavy atom. The SMILES string of the molecule is Cl.O=C(NCCN1CCNCC1)C1(c2ccccc2)CCCC1. The second kappa shape index (κ2) is 8.67. The van der Waals surface area contributed by atoms with E-state index in [0.29, 0.717) is 0 Å². The number of benzene rings is 1. The van der Waals surface area contributed by atoms with Gasteiger partial charge in [-0.2, -0.15) is 0 Å². The lowest BCUT2D eigenvalue weighted by atomic mass is 9.78. The molecule has 0 spiro atoms. The molecule has 1 aromatic rings. The summed E-state index contributed by atoms with van der Waals surface area (Å²) in [5.41, 5.74) is 0.900. The summed E-state index contributed by atoms with van der Waals surface area (Å²) >= 11 is 0. The lowest BCUT2D eigenvalue weighted by molar-refractivity contribution is -0.126. The maximum absolute atomic E-state index is 12.9. The molecule has 2 aliphatic rings. The molecule has 2 N–H and O–H groups in total. The molecule has 4 nitrogen and oxygen atoms in total. The van der Waals surface area contributed by atoms with Crippen LogP contribution in [-0.4, -0.2) is 50.1 Å². The van der Waals surface area contributed by atoms with Crippen molar-refractivity contribution < 1.29 is 4.79 Å². The third-order valence-electron chi connectivity index (χ3n) is 5.14. The molecule has 1 saturated heterocycles. The summed E-state index contributed by atoms with van der Waals surface area (Å²) in [5, 5.41) is 6.57. The van der Waals surface area contributed by atoms with Crippen LogP contribution in [0.15, 0.2) is 30.3 Å². The monoisotopic (exact) mass is 337 g/mol. The Hall–Kier alpha value is -1.10. The van der Waals surface area contributed by atoms with Crippen LogP contribution in [0, 0.1) is 0 Å². The van der Waals surface area contributed by atoms with Crippen molar-refractivity contribution in [3.63, 3.8) is 0 Å². The van der Waals surface area contributed by atoms with Gasteiger partial charge in [-0.05, 0) is 18.4 Å². The molecule has 5 heteroatoms. The van der Waals surface area contributed by atoms with Crippen LogP contribution < -0.4 is 10.6 Å². The highest BCUT2D eigenvalue weighted by Crippen LogP contribution is 2.41. The minimum atomic E-state index is -0.287. The van der Waals surface area contributed by atoms with Gasteiger partial charge in [0.15, 0.2) is 0 Å². The summed E-state index contributed by atoms with van der Waals surface area (Å²) in [5.74, 6) is 0.228. The van der Waals surface area contributed by atoms with Gasteiger partial charge in [-0.3, -0.25) is 9.69 Å². The minimum Gasteiger partial charge on any atom is -0.354 e. The van der Waals surface area contributed by atoms with Crippen LogP contribution >= 0.6 is 12.4 Å². The summed E-state index contributed by atoms with van der Waals surface area (Å²) < 4.78 is 0. The molecule has 128 valence electrons. The van der Waals surface area contributed by atoms with Crippen molar-refractivity contribution in [1.29, 1.82) is 0 Å². The van der Waals surface area contributed by atoms with Gasteiger partial charge in [0.1, 0.15) is 0 Å². The highest BCUT2D eigenvalue weighted by Gasteiger charge is 2.42. The van der Waals surface area contributed by atoms with Crippen molar-refractivity contribution >= 4 is 18.3 Å². The molecule has 23 heavy (non-hydrogen) atoms. The van der Waals surface area contributed by atoms with E-state index in [9.17, 15) is 4.79 Å². The molecule has 0 bridgehead atoms. The van der Waals surface area contributed by atoms with Crippen LogP contribution in [0.3, 0.4) is 0 Å². The topological polar surface area (TPSA) is 44.4 Å². The van der Waals surface area contributed by atoms with Crippen LogP contribution in [-0.2, 0) is 10.2 Å². The van der Waals surface area contributed by atoms with E-state index < -0.39 is 0 Å². The standard InChI is InChI=1S/C18H27N3O.ClH/c22-17(20-12-15-21-13-10-19-11-14-21)18(8-4-5-9-18)16-6-2-1-3-7-16;/h1-3,6-7,19H,4-5,8-15H2,(H,20,22);1H. The predicted octanol–water partition coefficient (Wildman–Crippen LogP) is 1.94. The van der Waals surface area contributed by atoms with Crippen molar-refractivity contribution in [2.24, 2.45) is 0 Å². The van der Waals surface area contributed by atoms with Crippen LogP contribution in [0.25, 0.3) is 0 Å². The molecule has 2 fully saturated rings. The van der Waals surface area contributed by atoms with E-state index in [1.165, 1.54) is 5.56 Å². The number of rotatable bonds is 5. The molecule has 0 atom stereocenters. The Morgan fingerprint density at radius 1 is 1.13 bits per heavy atom. The van der Waals surface area contributed by atoms with Gasteiger partial charge < -0.3 is 10.6 Å². The number of piperazine rings is 1. The van der Waals surface area contributed by atoms with Crippen LogP contribution in [0.5, 0.6) is 0 Å². The number of nitrogens with one attached hydrogen (secondary N) is 2. The van der Waals surface area contributed by atoms with Crippen LogP contribution in [0.2, 0.25) is 0 Å². The molecule has 1 heterocycles. The van der Waals surface area contributed by atoms with Gasteiger partial charge in [-0.1, -0.05) is 43.2 Å². The number of carbonyl (C=O) groups excluding carboxylic acids is 1. The Kier molecular flexibility index (Phi) is 6.88. The maximum atomic E-state index is 12.9. The summed E-state index contributed by atoms with van der Waals surface area (Å²) in [6, 6.07) is 10.3. The molecule has 3 rings (SSSR count). The van der Waals surface area contributed by atoms with Crippen molar-refractivity contribution in [3.8, 4) is 0 Å². The van der Waals surface area contributed by atoms with Gasteiger partial charge in [-0.15, -0.1) is 12.4 Å². The average Bonchev–Trinajstić information content (AvgIpc) is 3.08. The number of halogens is 1. The zero-order valence-corrected chi connectivity index (χ0v) is 14.5. The van der Waals surface area contributed by atoms with Gasteiger partial charge >= 0.3 is 0 Å². The third-order valence-corrected chi connectivity index (χ3v) is 5.14. The fraction of sp³-hybridized carbons (Fsp3) is 0.611. The number of nitrogens with zero attached hydrogens (tertiary/aromatic N) is 1. The van der Waals surface area contributed by atoms with Gasteiger partial charge in [0, 0.05) is 39.3 Å². The fourth-order valence-corrected chi connectivity index (χ4v) is 3.81. The molecule has 1 aromatic carbocycles. The Balaban J connectivity index is 0.00000192. The quantitative estimate of drug-likeness (QED) is 0.863. The molecule has 1 aliphatic heterocycles. The maximum Gasteiger partial charge on any atom is 0.230 e. The van der Waals surface area contributed by atoms with Gasteiger partial charge in [0.05, 0.1) is 5.41 Å². The van der Waals surface area contributed by atoms with Crippen LogP contribution in [0.4, 0.5) is 0 Å². The summed E-state index contributed by atoms with van der Waals surface area (Å²) in [7, 11) is 0. The fourth-order valence-electron chi connectivity index (χ4n) is 3.81. The highest BCUT2D eigenvalue weighted by atomic mass is 35.5. The Labute approximate surface area is 145 Å². The first-order valence-electron chi connectivity index (χ1n) is 8.58. The summed E-state index contributed by atoms with van der Waals surface area (Å²) in [6.07, 6.45) is 4.27. The highest BCUT2D eigenvalue weighted by molar-refractivity contribution is 5.88. The first-order chi connectivity index (χ1) is 10.8. The van der Waals surface area contributed by atoms with Crippen LogP contribution in [0.1, 0.15) is 31.2 Å². The molecular weight excluding hydrogens is 310 g/mol. The molecular formula is C18H28ClN3O. The molecule has 1 amide bonds. The second-order valence-corrected chi connectivity index (χ2v) is 6.50. The summed E-state index contributed by atoms with van der Waals surface area (Å²) in [4.78, 5) is 15.3. The van der Waals surface area contributed by atoms with E-state index in [0.717, 1.165) is 65.0 Å². The van der Waals surface area contributed by atoms with E-state index in [2.05, 4.69) is 27.7 Å². The number of amides is 1. The zero-order chi connectivity index (χ0) is 15.3. The van der Waals surface area contributed by atoms with E-state index in [1.807, 2.05) is 18.2 Å². The Morgan fingerprint density at radius 2 is 1.78 bits per heavy atom. The predicted molar refractivity (Wildman–Crippen MR) is 96.2 cm³/mol. The molecule has 1 aliphatic carbocycles. The van der Waals surface area contributed by atoms with Crippen molar-refractivity contribution in [1.82, 2.24) is 15.5 Å². The van der Waals surface area contributed by atoms with E-state index in [1.54, 1.807) is 0 Å². The first-order valence-corrected chi connectivity index (χ1v) is 8.58. The summed E-state index contributed by atoms with van der Waals surface area (Å²) in [6.45, 7) is 5.99. The van der Waals surface area contributed by atoms with Crippen molar-refractivity contribution in [2.45, 2.75) is 31.1 Å². The number of hydrogen-bond acceptors (Lipinski definition) is 3. The first kappa shape index (κ1) is 18.2. The lowest BCUT2D eigenvalue weighted by Crippen LogP contribution is -2.48. The second-order valence-electron chi connectivity index (χ2n) is 6.50. The average molecular weight is 338 g/mol. The van der Waals surface area contributed by atoms with E-state index >= 15 is 0 Å². The van der Waals surface area contributed by atoms with Gasteiger partial charge in [-0.25, -0.2) is 0 Å². The normalized spacial score (nSPS) is 20.7. The number of carbonyl (C=O) groups is 1. The number of hydrogen-bond donors (Lipinski definition) is 2. The van der Waals surface area contributed by atoms with Crippen molar-refractivity contribution in [2.75, 3.05) is 39.3 Å². The van der Waals surface area contributed by atoms with E-state index in [4.69, 9.17) is 0 Å². The largest absolute Gasteiger partial charge is 0.354 e. The molecule has 1 saturated carbocycles. The Bertz CT molecular complexity index is 482. The smallest absolute Gasteiger partial charge is 0.230 e. The van der Waals surface area contributed by atoms with Crippen molar-refractivity contribution in [3.05, 3.63) is 35.9 Å².